The molecule has 0 aliphatic heterocycles. The van der Waals surface area contributed by atoms with Gasteiger partial charge in [0, 0.05) is 17.4 Å². The SMILES string of the molecule is Cc1nc(C2(N[C@@H](C)c3ccc(Br)cc3)CCCC2)no1. The van der Waals surface area contributed by atoms with E-state index in [1.807, 2.05) is 6.92 Å². The van der Waals surface area contributed by atoms with Crippen LogP contribution in [0.5, 0.6) is 0 Å². The van der Waals surface area contributed by atoms with Crippen molar-refractivity contribution in [3.63, 3.8) is 0 Å². The van der Waals surface area contributed by atoms with Crippen LogP contribution in [0.15, 0.2) is 33.3 Å². The molecule has 112 valence electrons. The van der Waals surface area contributed by atoms with Crippen LogP contribution in [0.1, 0.15) is 55.9 Å². The topological polar surface area (TPSA) is 51.0 Å². The van der Waals surface area contributed by atoms with Crippen LogP contribution >= 0.6 is 15.9 Å². The minimum absolute atomic E-state index is 0.149. The van der Waals surface area contributed by atoms with E-state index in [0.29, 0.717) is 5.89 Å². The molecule has 0 radical (unpaired) electrons. The summed E-state index contributed by atoms with van der Waals surface area (Å²) in [6.07, 6.45) is 4.53. The second-order valence-corrected chi connectivity index (χ2v) is 6.76. The minimum Gasteiger partial charge on any atom is -0.340 e. The fraction of sp³-hybridized carbons (Fsp3) is 0.500. The number of halogens is 1. The molecule has 3 rings (SSSR count). The second kappa shape index (κ2) is 5.89. The zero-order valence-corrected chi connectivity index (χ0v) is 14.0. The summed E-state index contributed by atoms with van der Waals surface area (Å²) in [4.78, 5) is 4.48. The Kier molecular flexibility index (Phi) is 4.13. The number of nitrogens with zero attached hydrogens (tertiary/aromatic N) is 2. The third kappa shape index (κ3) is 3.04. The molecule has 0 saturated heterocycles. The molecule has 5 heteroatoms. The summed E-state index contributed by atoms with van der Waals surface area (Å²) in [7, 11) is 0. The zero-order chi connectivity index (χ0) is 14.9. The van der Waals surface area contributed by atoms with Crippen LogP contribution in [0.3, 0.4) is 0 Å². The summed E-state index contributed by atoms with van der Waals surface area (Å²) in [5.74, 6) is 1.44. The number of aryl methyl sites for hydroxylation is 1. The average Bonchev–Trinajstić information content (AvgIpc) is 3.09. The van der Waals surface area contributed by atoms with Gasteiger partial charge < -0.3 is 4.52 Å². The smallest absolute Gasteiger partial charge is 0.223 e. The molecule has 0 unspecified atom stereocenters. The van der Waals surface area contributed by atoms with Gasteiger partial charge in [-0.1, -0.05) is 46.1 Å². The van der Waals surface area contributed by atoms with Crippen molar-refractivity contribution in [3.8, 4) is 0 Å². The molecule has 1 heterocycles. The van der Waals surface area contributed by atoms with E-state index in [1.54, 1.807) is 0 Å². The highest BCUT2D eigenvalue weighted by Crippen LogP contribution is 2.39. The van der Waals surface area contributed by atoms with E-state index >= 15 is 0 Å². The Morgan fingerprint density at radius 2 is 1.90 bits per heavy atom. The molecule has 1 aromatic heterocycles. The Labute approximate surface area is 133 Å². The van der Waals surface area contributed by atoms with Crippen LogP contribution in [0.2, 0.25) is 0 Å². The molecule has 4 nitrogen and oxygen atoms in total. The van der Waals surface area contributed by atoms with Crippen molar-refractivity contribution >= 4 is 15.9 Å². The summed E-state index contributed by atoms with van der Waals surface area (Å²) in [6.45, 7) is 4.04. The highest BCUT2D eigenvalue weighted by molar-refractivity contribution is 9.10. The predicted molar refractivity (Wildman–Crippen MR) is 84.9 cm³/mol. The van der Waals surface area contributed by atoms with Gasteiger partial charge >= 0.3 is 0 Å². The summed E-state index contributed by atoms with van der Waals surface area (Å²) in [6, 6.07) is 8.69. The Balaban J connectivity index is 1.84. The molecule has 0 spiro atoms. The maximum atomic E-state index is 5.20. The first-order valence-corrected chi connectivity index (χ1v) is 8.22. The Morgan fingerprint density at radius 1 is 1.24 bits per heavy atom. The highest BCUT2D eigenvalue weighted by atomic mass is 79.9. The van der Waals surface area contributed by atoms with Crippen molar-refractivity contribution in [1.29, 1.82) is 0 Å². The van der Waals surface area contributed by atoms with E-state index in [4.69, 9.17) is 4.52 Å². The molecule has 1 saturated carbocycles. The Bertz CT molecular complexity index is 602. The molecule has 1 aliphatic carbocycles. The third-order valence-electron chi connectivity index (χ3n) is 4.28. The second-order valence-electron chi connectivity index (χ2n) is 5.84. The van der Waals surface area contributed by atoms with Crippen LogP contribution in [0.25, 0.3) is 0 Å². The van der Waals surface area contributed by atoms with Crippen molar-refractivity contribution in [2.24, 2.45) is 0 Å². The summed E-state index contributed by atoms with van der Waals surface area (Å²) in [5.41, 5.74) is 1.12. The lowest BCUT2D eigenvalue weighted by molar-refractivity contribution is 0.274. The number of aromatic nitrogens is 2. The molecule has 1 fully saturated rings. The van der Waals surface area contributed by atoms with Gasteiger partial charge in [0.05, 0.1) is 5.54 Å². The maximum Gasteiger partial charge on any atom is 0.223 e. The van der Waals surface area contributed by atoms with E-state index in [2.05, 4.69) is 62.6 Å². The lowest BCUT2D eigenvalue weighted by atomic mass is 9.94. The standard InChI is InChI=1S/C16H20BrN3O/c1-11(13-5-7-14(17)8-6-13)19-16(9-3-4-10-16)15-18-12(2)21-20-15/h5-8,11,19H,3-4,9-10H2,1-2H3/t11-/m0/s1. The van der Waals surface area contributed by atoms with E-state index in [9.17, 15) is 0 Å². The van der Waals surface area contributed by atoms with Crippen molar-refractivity contribution in [1.82, 2.24) is 15.5 Å². The van der Waals surface area contributed by atoms with Crippen LogP contribution < -0.4 is 5.32 Å². The minimum atomic E-state index is -0.149. The molecule has 1 aliphatic rings. The average molecular weight is 350 g/mol. The molecule has 2 aromatic rings. The van der Waals surface area contributed by atoms with Gasteiger partial charge in [-0.15, -0.1) is 0 Å². The van der Waals surface area contributed by atoms with E-state index < -0.39 is 0 Å². The van der Waals surface area contributed by atoms with Crippen LogP contribution in [0.4, 0.5) is 0 Å². The van der Waals surface area contributed by atoms with Crippen LogP contribution in [0, 0.1) is 6.92 Å². The number of rotatable bonds is 4. The quantitative estimate of drug-likeness (QED) is 0.895. The molecular formula is C16H20BrN3O. The van der Waals surface area contributed by atoms with Gasteiger partial charge in [-0.05, 0) is 37.5 Å². The number of benzene rings is 1. The monoisotopic (exact) mass is 349 g/mol. The van der Waals surface area contributed by atoms with Crippen molar-refractivity contribution in [2.75, 3.05) is 0 Å². The molecule has 0 amide bonds. The maximum absolute atomic E-state index is 5.20. The first-order chi connectivity index (χ1) is 10.1. The van der Waals surface area contributed by atoms with Crippen molar-refractivity contribution < 1.29 is 4.52 Å². The Hall–Kier alpha value is -1.20. The van der Waals surface area contributed by atoms with Crippen molar-refractivity contribution in [2.45, 2.75) is 51.1 Å². The molecular weight excluding hydrogens is 330 g/mol. The van der Waals surface area contributed by atoms with E-state index in [-0.39, 0.29) is 11.6 Å². The molecule has 1 N–H and O–H groups in total. The van der Waals surface area contributed by atoms with Gasteiger partial charge in [-0.2, -0.15) is 4.98 Å². The summed E-state index contributed by atoms with van der Waals surface area (Å²) in [5, 5.41) is 7.93. The molecule has 21 heavy (non-hydrogen) atoms. The largest absolute Gasteiger partial charge is 0.340 e. The normalized spacial score (nSPS) is 18.8. The molecule has 1 aromatic carbocycles. The number of hydrogen-bond donors (Lipinski definition) is 1. The van der Waals surface area contributed by atoms with Crippen molar-refractivity contribution in [3.05, 3.63) is 46.0 Å². The fourth-order valence-electron chi connectivity index (χ4n) is 3.15. The third-order valence-corrected chi connectivity index (χ3v) is 4.80. The van der Waals surface area contributed by atoms with E-state index in [0.717, 1.165) is 23.1 Å². The summed E-state index contributed by atoms with van der Waals surface area (Å²) >= 11 is 3.48. The lowest BCUT2D eigenvalue weighted by Crippen LogP contribution is -2.42. The van der Waals surface area contributed by atoms with Crippen LogP contribution in [-0.4, -0.2) is 10.1 Å². The number of nitrogens with one attached hydrogen (secondary N) is 1. The van der Waals surface area contributed by atoms with E-state index in [1.165, 1.54) is 18.4 Å². The molecule has 1 atom stereocenters. The highest BCUT2D eigenvalue weighted by Gasteiger charge is 2.40. The molecule has 0 bridgehead atoms. The first-order valence-electron chi connectivity index (χ1n) is 7.43. The lowest BCUT2D eigenvalue weighted by Gasteiger charge is -2.31. The van der Waals surface area contributed by atoms with Gasteiger partial charge in [0.15, 0.2) is 5.82 Å². The van der Waals surface area contributed by atoms with Gasteiger partial charge in [0.2, 0.25) is 5.89 Å². The summed E-state index contributed by atoms with van der Waals surface area (Å²) < 4.78 is 6.30. The zero-order valence-electron chi connectivity index (χ0n) is 12.4. The van der Waals surface area contributed by atoms with Gasteiger partial charge in [-0.25, -0.2) is 0 Å². The van der Waals surface area contributed by atoms with Crippen LogP contribution in [-0.2, 0) is 5.54 Å². The van der Waals surface area contributed by atoms with Gasteiger partial charge in [0.25, 0.3) is 0 Å². The predicted octanol–water partition coefficient (Wildman–Crippen LogP) is 4.26. The van der Waals surface area contributed by atoms with Gasteiger partial charge in [0.1, 0.15) is 0 Å². The fourth-order valence-corrected chi connectivity index (χ4v) is 3.42. The number of hydrogen-bond acceptors (Lipinski definition) is 4. The van der Waals surface area contributed by atoms with Gasteiger partial charge in [-0.3, -0.25) is 5.32 Å². The first kappa shape index (κ1) is 14.7. The Morgan fingerprint density at radius 3 is 2.48 bits per heavy atom.